The van der Waals surface area contributed by atoms with E-state index in [1.807, 2.05) is 52.0 Å². The van der Waals surface area contributed by atoms with Gasteiger partial charge in [0.25, 0.3) is 0 Å². The summed E-state index contributed by atoms with van der Waals surface area (Å²) in [5.74, 6) is 0. The van der Waals surface area contributed by atoms with Crippen LogP contribution in [-0.4, -0.2) is 0 Å². The molecule has 0 heterocycles. The third-order valence-electron chi connectivity index (χ3n) is 10.6. The lowest BCUT2D eigenvalue weighted by atomic mass is 9.67. The van der Waals surface area contributed by atoms with Gasteiger partial charge in [0.2, 0.25) is 0 Å². The summed E-state index contributed by atoms with van der Waals surface area (Å²) >= 11 is 0. The van der Waals surface area contributed by atoms with E-state index in [9.17, 15) is 5.26 Å². The van der Waals surface area contributed by atoms with Crippen molar-refractivity contribution < 1.29 is 0 Å². The highest BCUT2D eigenvalue weighted by molar-refractivity contribution is 6.06. The van der Waals surface area contributed by atoms with E-state index in [0.29, 0.717) is 0 Å². The van der Waals surface area contributed by atoms with Gasteiger partial charge in [-0.25, -0.2) is 0 Å². The number of hydrogen-bond acceptors (Lipinski definition) is 1. The van der Waals surface area contributed by atoms with Crippen LogP contribution in [0.15, 0.2) is 182 Å². The Hall–Kier alpha value is -6.49. The summed E-state index contributed by atoms with van der Waals surface area (Å²) in [6, 6.07) is 66.6. The highest BCUT2D eigenvalue weighted by Crippen LogP contribution is 2.58. The second-order valence-corrected chi connectivity index (χ2v) is 14.3. The number of nitrogens with zero attached hydrogens (tertiary/aromatic N) is 1. The van der Waals surface area contributed by atoms with Crippen molar-refractivity contribution in [2.45, 2.75) is 67.7 Å². The first-order valence-corrected chi connectivity index (χ1v) is 20.7. The first kappa shape index (κ1) is 42.6. The molecular formula is C57H57N. The van der Waals surface area contributed by atoms with Crippen LogP contribution in [0.1, 0.15) is 83.3 Å². The summed E-state index contributed by atoms with van der Waals surface area (Å²) in [7, 11) is 0. The van der Waals surface area contributed by atoms with E-state index >= 15 is 0 Å². The lowest BCUT2D eigenvalue weighted by Gasteiger charge is -2.34. The summed E-state index contributed by atoms with van der Waals surface area (Å²) in [6.07, 6.45) is 0. The third-order valence-corrected chi connectivity index (χ3v) is 10.6. The highest BCUT2D eigenvalue weighted by Gasteiger charge is 2.47. The zero-order valence-electron chi connectivity index (χ0n) is 35.8. The molecule has 8 aromatic rings. The number of nitriles is 1. The zero-order valence-corrected chi connectivity index (χ0v) is 35.8. The largest absolute Gasteiger partial charge is 0.192 e. The first-order chi connectivity index (χ1) is 28.3. The van der Waals surface area contributed by atoms with Gasteiger partial charge in [-0.1, -0.05) is 220 Å². The van der Waals surface area contributed by atoms with E-state index in [4.69, 9.17) is 0 Å². The number of benzene rings is 8. The van der Waals surface area contributed by atoms with Crippen LogP contribution in [0.25, 0.3) is 33.0 Å². The molecule has 0 aliphatic heterocycles. The van der Waals surface area contributed by atoms with Crippen LogP contribution in [0.3, 0.4) is 0 Å². The number of fused-ring (bicyclic) bond motifs is 5. The number of rotatable bonds is 3. The second kappa shape index (κ2) is 20.1. The number of hydrogen-bond donors (Lipinski definition) is 0. The standard InChI is InChI=1S/C31H21N.C15H16.C7H8.2C2H6/c1-21-16-17-27-28(18-21)31(23-10-4-2-5-11-23,24-12-6-3-7-13-24)29-19-22(20-32)25-14-8-9-15-26(25)30(27)29;1-11-8-9-13(3)15(10-11)14-7-5-4-6-12(14)2;1-7-5-3-2-4-6-7;2*1-2/h2-19H,1H3;4-10H,1-3H3;2-6H,1H3;2*1-2H3. The summed E-state index contributed by atoms with van der Waals surface area (Å²) in [5.41, 5.74) is 16.9. The minimum Gasteiger partial charge on any atom is -0.192 e. The molecule has 1 aliphatic carbocycles. The van der Waals surface area contributed by atoms with Crippen LogP contribution in [0.4, 0.5) is 0 Å². The minimum absolute atomic E-state index is 0.477. The molecule has 0 radical (unpaired) electrons. The molecule has 0 unspecified atom stereocenters. The average Bonchev–Trinajstić information content (AvgIpc) is 3.57. The van der Waals surface area contributed by atoms with Gasteiger partial charge in [-0.15, -0.1) is 0 Å². The second-order valence-electron chi connectivity index (χ2n) is 14.3. The van der Waals surface area contributed by atoms with Crippen molar-refractivity contribution in [3.63, 3.8) is 0 Å². The molecule has 8 aromatic carbocycles. The van der Waals surface area contributed by atoms with E-state index in [-0.39, 0.29) is 0 Å². The Bertz CT molecular complexity index is 2550. The molecule has 1 nitrogen and oxygen atoms in total. The molecule has 0 saturated heterocycles. The Balaban J connectivity index is 0.000000203. The first-order valence-electron chi connectivity index (χ1n) is 20.7. The molecule has 0 fully saturated rings. The van der Waals surface area contributed by atoms with Crippen LogP contribution in [0.2, 0.25) is 0 Å². The van der Waals surface area contributed by atoms with Gasteiger partial charge < -0.3 is 0 Å². The van der Waals surface area contributed by atoms with Gasteiger partial charge in [0.1, 0.15) is 0 Å². The topological polar surface area (TPSA) is 23.8 Å². The van der Waals surface area contributed by atoms with Gasteiger partial charge in [-0.2, -0.15) is 5.26 Å². The normalized spacial score (nSPS) is 11.3. The van der Waals surface area contributed by atoms with E-state index in [0.717, 1.165) is 16.3 Å². The van der Waals surface area contributed by atoms with Crippen molar-refractivity contribution in [1.82, 2.24) is 0 Å². The Kier molecular flexibility index (Phi) is 14.8. The van der Waals surface area contributed by atoms with Crippen molar-refractivity contribution >= 4 is 10.8 Å². The Morgan fingerprint density at radius 1 is 0.379 bits per heavy atom. The minimum atomic E-state index is -0.477. The zero-order chi connectivity index (χ0) is 41.7. The van der Waals surface area contributed by atoms with Crippen LogP contribution in [0, 0.1) is 45.9 Å². The fraction of sp³-hybridized carbons (Fsp3) is 0.175. The van der Waals surface area contributed by atoms with E-state index in [2.05, 4.69) is 198 Å². The van der Waals surface area contributed by atoms with Crippen molar-refractivity contribution in [2.24, 2.45) is 0 Å². The maximum absolute atomic E-state index is 10.1. The molecule has 290 valence electrons. The molecule has 0 bridgehead atoms. The lowest BCUT2D eigenvalue weighted by molar-refractivity contribution is 0.768. The van der Waals surface area contributed by atoms with Crippen molar-refractivity contribution in [3.8, 4) is 28.3 Å². The quantitative estimate of drug-likeness (QED) is 0.176. The Morgan fingerprint density at radius 3 is 1.41 bits per heavy atom. The van der Waals surface area contributed by atoms with Gasteiger partial charge in [-0.3, -0.25) is 0 Å². The van der Waals surface area contributed by atoms with E-state index in [1.54, 1.807) is 0 Å². The molecule has 0 saturated carbocycles. The van der Waals surface area contributed by atoms with Crippen LogP contribution >= 0.6 is 0 Å². The summed E-state index contributed by atoms with van der Waals surface area (Å²) in [6.45, 7) is 18.7. The van der Waals surface area contributed by atoms with Crippen molar-refractivity contribution in [1.29, 1.82) is 5.26 Å². The lowest BCUT2D eigenvalue weighted by Crippen LogP contribution is -2.28. The molecule has 0 amide bonds. The highest BCUT2D eigenvalue weighted by atomic mass is 14.5. The number of aryl methyl sites for hydroxylation is 5. The fourth-order valence-electron chi connectivity index (χ4n) is 7.99. The van der Waals surface area contributed by atoms with Gasteiger partial charge in [0, 0.05) is 5.39 Å². The molecular weight excluding hydrogens is 699 g/mol. The summed E-state index contributed by atoms with van der Waals surface area (Å²) in [4.78, 5) is 0. The van der Waals surface area contributed by atoms with Crippen molar-refractivity contribution in [3.05, 3.63) is 238 Å². The maximum Gasteiger partial charge on any atom is 0.0998 e. The Labute approximate surface area is 348 Å². The maximum atomic E-state index is 10.1. The van der Waals surface area contributed by atoms with Gasteiger partial charge in [-0.05, 0) is 102 Å². The molecule has 0 aromatic heterocycles. The smallest absolute Gasteiger partial charge is 0.0998 e. The molecule has 0 N–H and O–H groups in total. The van der Waals surface area contributed by atoms with Gasteiger partial charge >= 0.3 is 0 Å². The van der Waals surface area contributed by atoms with E-state index < -0.39 is 5.41 Å². The fourth-order valence-corrected chi connectivity index (χ4v) is 7.99. The van der Waals surface area contributed by atoms with Crippen molar-refractivity contribution in [2.75, 3.05) is 0 Å². The molecule has 0 spiro atoms. The molecule has 1 heteroatoms. The van der Waals surface area contributed by atoms with Gasteiger partial charge in [0.15, 0.2) is 0 Å². The summed E-state index contributed by atoms with van der Waals surface area (Å²) < 4.78 is 0. The van der Waals surface area contributed by atoms with Crippen LogP contribution < -0.4 is 0 Å². The van der Waals surface area contributed by atoms with Gasteiger partial charge in [0.05, 0.1) is 17.0 Å². The molecule has 0 atom stereocenters. The molecule has 1 aliphatic rings. The summed E-state index contributed by atoms with van der Waals surface area (Å²) in [5, 5.41) is 12.2. The predicted octanol–water partition coefficient (Wildman–Crippen LogP) is 15.7. The van der Waals surface area contributed by atoms with Crippen LogP contribution in [-0.2, 0) is 5.41 Å². The predicted molar refractivity (Wildman–Crippen MR) is 251 cm³/mol. The van der Waals surface area contributed by atoms with Crippen LogP contribution in [0.5, 0.6) is 0 Å². The third kappa shape index (κ3) is 8.73. The molecule has 58 heavy (non-hydrogen) atoms. The Morgan fingerprint density at radius 2 is 0.862 bits per heavy atom. The SMILES string of the molecule is CC.CC.Cc1ccc(C)c(-c2ccccc2C)c1.Cc1ccc2c(c1)C(c1ccccc1)(c1ccccc1)c1cc(C#N)c3ccccc3c1-2.Cc1ccccc1. The van der Waals surface area contributed by atoms with E-state index in [1.165, 1.54) is 72.3 Å². The molecule has 9 rings (SSSR count). The monoisotopic (exact) mass is 755 g/mol. The average molecular weight is 756 g/mol.